The number of hydrogen-bond donors (Lipinski definition) is 1. The Balaban J connectivity index is 1.71. The fourth-order valence-corrected chi connectivity index (χ4v) is 4.59. The summed E-state index contributed by atoms with van der Waals surface area (Å²) in [5, 5.41) is 9.32. The predicted octanol–water partition coefficient (Wildman–Crippen LogP) is 2.46. The van der Waals surface area contributed by atoms with Crippen molar-refractivity contribution >= 4 is 27.4 Å². The van der Waals surface area contributed by atoms with E-state index >= 15 is 0 Å². The molecular formula is C21H25N5O3S. The van der Waals surface area contributed by atoms with Crippen LogP contribution in [0.25, 0.3) is 0 Å². The lowest BCUT2D eigenvalue weighted by Crippen LogP contribution is -2.35. The van der Waals surface area contributed by atoms with Crippen LogP contribution in [-0.4, -0.2) is 56.1 Å². The van der Waals surface area contributed by atoms with E-state index in [-0.39, 0.29) is 11.7 Å². The molecule has 0 spiro atoms. The summed E-state index contributed by atoms with van der Waals surface area (Å²) in [6.45, 7) is 4.14. The third-order valence-electron chi connectivity index (χ3n) is 4.85. The monoisotopic (exact) mass is 427 g/mol. The minimum atomic E-state index is -3.42. The molecular weight excluding hydrogens is 402 g/mol. The summed E-state index contributed by atoms with van der Waals surface area (Å²) in [4.78, 5) is 21.2. The van der Waals surface area contributed by atoms with Crippen LogP contribution >= 0.6 is 0 Å². The number of sulfonamides is 1. The Morgan fingerprint density at radius 2 is 2.03 bits per heavy atom. The number of benzene rings is 1. The number of hydrogen-bond acceptors (Lipinski definition) is 6. The number of aromatic nitrogens is 1. The van der Waals surface area contributed by atoms with Crippen LogP contribution in [0.4, 0.5) is 11.5 Å². The lowest BCUT2D eigenvalue weighted by molar-refractivity contribution is 0.0767. The lowest BCUT2D eigenvalue weighted by atomic mass is 10.1. The Labute approximate surface area is 177 Å². The van der Waals surface area contributed by atoms with E-state index in [1.165, 1.54) is 0 Å². The summed E-state index contributed by atoms with van der Waals surface area (Å²) in [5.41, 5.74) is 1.35. The maximum atomic E-state index is 13.0. The Bertz CT molecular complexity index is 1050. The molecule has 30 heavy (non-hydrogen) atoms. The molecule has 1 saturated heterocycles. The van der Waals surface area contributed by atoms with E-state index in [9.17, 15) is 18.5 Å². The molecule has 0 atom stereocenters. The van der Waals surface area contributed by atoms with E-state index in [0.717, 1.165) is 6.42 Å². The molecule has 1 aromatic carbocycles. The molecule has 1 N–H and O–H groups in total. The smallest absolute Gasteiger partial charge is 0.253 e. The SMILES string of the molecule is CCCS(=O)(=O)Nc1cccc(C(=O)N2CCCN(c3ncccc3C#N)CC2)c1. The third-order valence-corrected chi connectivity index (χ3v) is 6.34. The van der Waals surface area contributed by atoms with Gasteiger partial charge in [-0.15, -0.1) is 0 Å². The number of carbonyl (C=O) groups excluding carboxylic acids is 1. The first-order chi connectivity index (χ1) is 14.4. The van der Waals surface area contributed by atoms with Gasteiger partial charge in [-0.1, -0.05) is 13.0 Å². The summed E-state index contributed by atoms with van der Waals surface area (Å²) in [6, 6.07) is 12.2. The Morgan fingerprint density at radius 1 is 1.20 bits per heavy atom. The van der Waals surface area contributed by atoms with E-state index in [2.05, 4.69) is 15.8 Å². The molecule has 2 aromatic rings. The number of anilines is 2. The van der Waals surface area contributed by atoms with Crippen LogP contribution in [0.15, 0.2) is 42.6 Å². The van der Waals surface area contributed by atoms with E-state index < -0.39 is 10.0 Å². The van der Waals surface area contributed by atoms with Gasteiger partial charge < -0.3 is 9.80 Å². The number of amides is 1. The molecule has 0 bridgehead atoms. The van der Waals surface area contributed by atoms with E-state index in [1.807, 2.05) is 4.90 Å². The number of pyridine rings is 1. The van der Waals surface area contributed by atoms with E-state index in [0.29, 0.717) is 55.2 Å². The molecule has 2 heterocycles. The first-order valence-electron chi connectivity index (χ1n) is 9.93. The van der Waals surface area contributed by atoms with Crippen molar-refractivity contribution < 1.29 is 13.2 Å². The highest BCUT2D eigenvalue weighted by atomic mass is 32.2. The van der Waals surface area contributed by atoms with Crippen LogP contribution < -0.4 is 9.62 Å². The fourth-order valence-electron chi connectivity index (χ4n) is 3.47. The van der Waals surface area contributed by atoms with Gasteiger partial charge in [-0.3, -0.25) is 9.52 Å². The van der Waals surface area contributed by atoms with Crippen LogP contribution in [0.3, 0.4) is 0 Å². The largest absolute Gasteiger partial charge is 0.354 e. The average Bonchev–Trinajstić information content (AvgIpc) is 2.99. The summed E-state index contributed by atoms with van der Waals surface area (Å²) in [7, 11) is -3.42. The maximum Gasteiger partial charge on any atom is 0.253 e. The van der Waals surface area contributed by atoms with Crippen molar-refractivity contribution in [3.63, 3.8) is 0 Å². The molecule has 0 radical (unpaired) electrons. The molecule has 1 aromatic heterocycles. The number of nitrogens with zero attached hydrogens (tertiary/aromatic N) is 4. The molecule has 1 fully saturated rings. The summed E-state index contributed by atoms with van der Waals surface area (Å²) >= 11 is 0. The first kappa shape index (κ1) is 21.6. The predicted molar refractivity (Wildman–Crippen MR) is 116 cm³/mol. The van der Waals surface area contributed by atoms with Crippen LogP contribution in [0.1, 0.15) is 35.7 Å². The molecule has 158 valence electrons. The zero-order chi connectivity index (χ0) is 21.6. The van der Waals surface area contributed by atoms with E-state index in [1.54, 1.807) is 54.4 Å². The van der Waals surface area contributed by atoms with Crippen molar-refractivity contribution in [1.29, 1.82) is 5.26 Å². The van der Waals surface area contributed by atoms with Gasteiger partial charge in [0.2, 0.25) is 10.0 Å². The highest BCUT2D eigenvalue weighted by Gasteiger charge is 2.22. The molecule has 0 saturated carbocycles. The zero-order valence-electron chi connectivity index (χ0n) is 16.9. The average molecular weight is 428 g/mol. The van der Waals surface area contributed by atoms with Gasteiger partial charge in [0.25, 0.3) is 5.91 Å². The minimum absolute atomic E-state index is 0.0331. The molecule has 8 nitrogen and oxygen atoms in total. The van der Waals surface area contributed by atoms with Gasteiger partial charge in [-0.25, -0.2) is 13.4 Å². The second-order valence-electron chi connectivity index (χ2n) is 7.12. The van der Waals surface area contributed by atoms with Crippen molar-refractivity contribution in [3.8, 4) is 6.07 Å². The van der Waals surface area contributed by atoms with Crippen molar-refractivity contribution in [2.45, 2.75) is 19.8 Å². The molecule has 1 aliphatic heterocycles. The third kappa shape index (κ3) is 5.27. The Hall–Kier alpha value is -3.12. The van der Waals surface area contributed by atoms with Crippen molar-refractivity contribution in [2.24, 2.45) is 0 Å². The number of carbonyl (C=O) groups is 1. The number of nitrogens with one attached hydrogen (secondary N) is 1. The first-order valence-corrected chi connectivity index (χ1v) is 11.6. The van der Waals surface area contributed by atoms with Gasteiger partial charge >= 0.3 is 0 Å². The molecule has 9 heteroatoms. The van der Waals surface area contributed by atoms with Gasteiger partial charge in [0.05, 0.1) is 11.3 Å². The maximum absolute atomic E-state index is 13.0. The minimum Gasteiger partial charge on any atom is -0.354 e. The Kier molecular flexibility index (Phi) is 6.90. The molecule has 0 unspecified atom stereocenters. The molecule has 3 rings (SSSR count). The second kappa shape index (κ2) is 9.59. The molecule has 1 amide bonds. The Morgan fingerprint density at radius 3 is 2.80 bits per heavy atom. The van der Waals surface area contributed by atoms with Crippen LogP contribution in [0.5, 0.6) is 0 Å². The van der Waals surface area contributed by atoms with Crippen LogP contribution in [0, 0.1) is 11.3 Å². The second-order valence-corrected chi connectivity index (χ2v) is 8.96. The van der Waals surface area contributed by atoms with Crippen molar-refractivity contribution in [1.82, 2.24) is 9.88 Å². The highest BCUT2D eigenvalue weighted by Crippen LogP contribution is 2.20. The zero-order valence-corrected chi connectivity index (χ0v) is 17.7. The van der Waals surface area contributed by atoms with Gasteiger partial charge in [0.1, 0.15) is 11.9 Å². The molecule has 0 aliphatic carbocycles. The molecule has 1 aliphatic rings. The summed E-state index contributed by atoms with van der Waals surface area (Å²) < 4.78 is 26.5. The van der Waals surface area contributed by atoms with Crippen molar-refractivity contribution in [2.75, 3.05) is 41.6 Å². The number of nitriles is 1. The van der Waals surface area contributed by atoms with Crippen LogP contribution in [0.2, 0.25) is 0 Å². The number of rotatable bonds is 6. The normalized spacial score (nSPS) is 14.7. The fraction of sp³-hybridized carbons (Fsp3) is 0.381. The van der Waals surface area contributed by atoms with Gasteiger partial charge in [-0.05, 0) is 43.2 Å². The van der Waals surface area contributed by atoms with Crippen molar-refractivity contribution in [3.05, 3.63) is 53.7 Å². The standard InChI is InChI=1S/C21H25N5O3S/c1-2-14-30(28,29)24-19-8-3-6-17(15-19)21(27)26-11-5-10-25(12-13-26)20-18(16-22)7-4-9-23-20/h3-4,6-9,15,24H,2,5,10-14H2,1H3. The van der Waals surface area contributed by atoms with Gasteiger partial charge in [0, 0.05) is 43.6 Å². The summed E-state index contributed by atoms with van der Waals surface area (Å²) in [5.74, 6) is 0.530. The lowest BCUT2D eigenvalue weighted by Gasteiger charge is -2.23. The summed E-state index contributed by atoms with van der Waals surface area (Å²) in [6.07, 6.45) is 2.92. The van der Waals surface area contributed by atoms with E-state index in [4.69, 9.17) is 0 Å². The highest BCUT2D eigenvalue weighted by molar-refractivity contribution is 7.92. The van der Waals surface area contributed by atoms with Gasteiger partial charge in [-0.2, -0.15) is 5.26 Å². The topological polar surface area (TPSA) is 106 Å². The van der Waals surface area contributed by atoms with Gasteiger partial charge in [0.15, 0.2) is 0 Å². The quantitative estimate of drug-likeness (QED) is 0.759. The van der Waals surface area contributed by atoms with Crippen LogP contribution in [-0.2, 0) is 10.0 Å².